The van der Waals surface area contributed by atoms with E-state index in [9.17, 15) is 0 Å². The van der Waals surface area contributed by atoms with Crippen LogP contribution in [0.5, 0.6) is 11.5 Å². The first-order chi connectivity index (χ1) is 35.1. The molecule has 0 saturated carbocycles. The van der Waals surface area contributed by atoms with Crippen molar-refractivity contribution >= 4 is 47.0 Å². The zero-order valence-electron chi connectivity index (χ0n) is 46.1. The summed E-state index contributed by atoms with van der Waals surface area (Å²) in [5.74, 6) is 2.50. The first kappa shape index (κ1) is 53.9. The normalized spacial score (nSPS) is 19.9. The van der Waals surface area contributed by atoms with Crippen LogP contribution in [0.4, 0.5) is 0 Å². The summed E-state index contributed by atoms with van der Waals surface area (Å²) in [6.45, 7) is 21.6. The minimum Gasteiger partial charge on any atom is -0.543 e. The molecule has 0 spiro atoms. The molecule has 2 nitrogen and oxygen atoms in total. The van der Waals surface area contributed by atoms with Gasteiger partial charge in [0.05, 0.1) is 8.80 Å². The van der Waals surface area contributed by atoms with Crippen molar-refractivity contribution < 1.29 is 8.85 Å². The minimum atomic E-state index is -2.01. The molecule has 0 aromatic heterocycles. The Bertz CT molecular complexity index is 2530. The van der Waals surface area contributed by atoms with Crippen LogP contribution >= 0.6 is 0 Å². The number of allylic oxidation sites excluding steroid dienone is 16. The number of hydrogen-bond donors (Lipinski definition) is 0. The summed E-state index contributed by atoms with van der Waals surface area (Å²) in [6, 6.07) is 35.5. The molecule has 0 heterocycles. The Hall–Kier alpha value is -4.43. The third-order valence-electron chi connectivity index (χ3n) is 16.9. The fraction of sp³-hybridized carbons (Fsp3) is 0.463. The molecule has 4 aliphatic carbocycles. The zero-order chi connectivity index (χ0) is 50.7. The van der Waals surface area contributed by atoms with Crippen LogP contribution in [-0.4, -0.2) is 25.4 Å². The fourth-order valence-electron chi connectivity index (χ4n) is 13.2. The molecule has 381 valence electrons. The minimum absolute atomic E-state index is 0.146. The molecule has 0 saturated heterocycles. The molecule has 72 heavy (non-hydrogen) atoms. The van der Waals surface area contributed by atoms with E-state index >= 15 is 0 Å². The van der Waals surface area contributed by atoms with Crippen molar-refractivity contribution in [1.29, 1.82) is 0 Å². The number of rotatable bonds is 26. The molecular weight excluding hydrogens is 921 g/mol. The smallest absolute Gasteiger partial charge is 0.251 e. The van der Waals surface area contributed by atoms with Crippen molar-refractivity contribution in [3.8, 4) is 11.5 Å². The molecule has 0 N–H and O–H groups in total. The summed E-state index contributed by atoms with van der Waals surface area (Å²) in [5, 5.41) is 5.28. The Balaban J connectivity index is 1.16. The second kappa shape index (κ2) is 25.2. The second-order valence-electron chi connectivity index (χ2n) is 22.3. The molecule has 4 aromatic carbocycles. The Kier molecular flexibility index (Phi) is 18.8. The highest BCUT2D eigenvalue weighted by molar-refractivity contribution is 6.75. The fourth-order valence-corrected chi connectivity index (χ4v) is 26.0. The Morgan fingerprint density at radius 3 is 1.14 bits per heavy atom. The maximum absolute atomic E-state index is 7.59. The van der Waals surface area contributed by atoms with Gasteiger partial charge in [0.25, 0.3) is 16.6 Å². The van der Waals surface area contributed by atoms with E-state index in [4.69, 9.17) is 8.85 Å². The Morgan fingerprint density at radius 1 is 0.444 bits per heavy atom. The van der Waals surface area contributed by atoms with Gasteiger partial charge in [-0.1, -0.05) is 246 Å². The van der Waals surface area contributed by atoms with Gasteiger partial charge in [-0.3, -0.25) is 0 Å². The van der Waals surface area contributed by atoms with Crippen LogP contribution in [0, 0.1) is 0 Å². The molecule has 4 aromatic rings. The number of fused-ring (bicyclic) bond motifs is 2. The molecule has 0 fully saturated rings. The van der Waals surface area contributed by atoms with Crippen LogP contribution < -0.4 is 8.85 Å². The summed E-state index contributed by atoms with van der Waals surface area (Å²) >= 11 is 0. The molecule has 1 radical (unpaired) electrons. The van der Waals surface area contributed by atoms with Crippen LogP contribution in [0.3, 0.4) is 0 Å². The molecule has 0 amide bonds. The highest BCUT2D eigenvalue weighted by Gasteiger charge is 2.42. The highest BCUT2D eigenvalue weighted by Crippen LogP contribution is 2.55. The highest BCUT2D eigenvalue weighted by atomic mass is 28.4. The van der Waals surface area contributed by atoms with E-state index in [0.717, 1.165) is 11.5 Å². The number of unbranched alkanes of at least 4 members (excludes halogenated alkanes) is 6. The summed E-state index contributed by atoms with van der Waals surface area (Å²) in [4.78, 5) is 0. The van der Waals surface area contributed by atoms with Gasteiger partial charge in [-0.05, 0) is 140 Å². The Labute approximate surface area is 441 Å². The molecular formula is C67H89O2Si3. The lowest BCUT2D eigenvalue weighted by molar-refractivity contribution is 0.510. The lowest BCUT2D eigenvalue weighted by Gasteiger charge is -2.33. The third-order valence-corrected chi connectivity index (χ3v) is 29.2. The van der Waals surface area contributed by atoms with Gasteiger partial charge in [-0.25, -0.2) is 0 Å². The standard InChI is InChI=1S/C67H89O2Si3/c1-10-16-38-71(39-17-11-2,40-18-12-3)68-54-46-52-30-22-24-32-56(52)64(48-54)58-34-26-28-36-60-62(58)44-50(7)66(60)70(9)67-51(8)45-63-59(35-27-29-37-61(63)67)65-49-55(47-53-31-23-25-33-57(53)65)69-72(41-19-13-4,42-20-14-5)43-21-15-6/h22-37,44-49,58-59,66-67H,10-21,38-43H2,1-9H3. The van der Waals surface area contributed by atoms with Crippen LogP contribution in [0.15, 0.2) is 167 Å². The van der Waals surface area contributed by atoms with E-state index in [1.807, 2.05) is 0 Å². The number of hydrogen-bond acceptors (Lipinski definition) is 2. The first-order valence-corrected chi connectivity index (χ1v) is 36.1. The van der Waals surface area contributed by atoms with Gasteiger partial charge < -0.3 is 8.85 Å². The average Bonchev–Trinajstić information content (AvgIpc) is 3.71. The van der Waals surface area contributed by atoms with E-state index in [2.05, 4.69) is 195 Å². The van der Waals surface area contributed by atoms with Gasteiger partial charge in [0.15, 0.2) is 0 Å². The van der Waals surface area contributed by atoms with Crippen molar-refractivity contribution in [3.05, 3.63) is 178 Å². The van der Waals surface area contributed by atoms with Crippen LogP contribution in [-0.2, 0) is 0 Å². The van der Waals surface area contributed by atoms with Crippen LogP contribution in [0.2, 0.25) is 53.9 Å². The zero-order valence-corrected chi connectivity index (χ0v) is 49.1. The van der Waals surface area contributed by atoms with E-state index in [1.54, 1.807) is 0 Å². The van der Waals surface area contributed by atoms with Gasteiger partial charge >= 0.3 is 0 Å². The molecule has 5 heteroatoms. The van der Waals surface area contributed by atoms with E-state index in [-0.39, 0.29) is 11.8 Å². The van der Waals surface area contributed by atoms with Gasteiger partial charge in [0.1, 0.15) is 11.5 Å². The van der Waals surface area contributed by atoms with Gasteiger partial charge in [-0.2, -0.15) is 0 Å². The van der Waals surface area contributed by atoms with Crippen molar-refractivity contribution in [1.82, 2.24) is 0 Å². The van der Waals surface area contributed by atoms with Gasteiger partial charge in [0, 0.05) is 11.8 Å². The Morgan fingerprint density at radius 2 is 0.792 bits per heavy atom. The first-order valence-electron chi connectivity index (χ1n) is 28.9. The van der Waals surface area contributed by atoms with Crippen LogP contribution in [0.1, 0.15) is 155 Å². The molecule has 4 atom stereocenters. The second-order valence-corrected chi connectivity index (χ2v) is 33.1. The monoisotopic (exact) mass is 1010 g/mol. The van der Waals surface area contributed by atoms with Crippen molar-refractivity contribution in [2.24, 2.45) is 0 Å². The summed E-state index contributed by atoms with van der Waals surface area (Å²) in [5.41, 5.74) is 12.6. The van der Waals surface area contributed by atoms with E-state index in [0.29, 0.717) is 11.1 Å². The lowest BCUT2D eigenvalue weighted by atomic mass is 9.86. The molecule has 0 bridgehead atoms. The summed E-state index contributed by atoms with van der Waals surface area (Å²) in [7, 11) is -5.10. The van der Waals surface area contributed by atoms with Gasteiger partial charge in [0.2, 0.25) is 0 Å². The summed E-state index contributed by atoms with van der Waals surface area (Å²) < 4.78 is 15.2. The number of benzene rings is 4. The topological polar surface area (TPSA) is 18.5 Å². The SMILES string of the molecule is CCCC[Si](CCCC)(CCCC)Oc1cc(C2C=CC=CC3=C2C=C(C)C3[Si](C)C2C(C)=CC3=C2C=CC=CC3c2cc(O[Si](CCCC)(CCCC)CCCC)cc3ccccc23)c2ccccc2c1. The van der Waals surface area contributed by atoms with E-state index < -0.39 is 25.4 Å². The van der Waals surface area contributed by atoms with Crippen molar-refractivity contribution in [3.63, 3.8) is 0 Å². The van der Waals surface area contributed by atoms with E-state index in [1.165, 1.54) is 179 Å². The maximum atomic E-state index is 7.59. The predicted octanol–water partition coefficient (Wildman–Crippen LogP) is 20.9. The van der Waals surface area contributed by atoms with Crippen molar-refractivity contribution in [2.75, 3.05) is 0 Å². The molecule has 4 unspecified atom stereocenters. The van der Waals surface area contributed by atoms with Gasteiger partial charge in [-0.15, -0.1) is 0 Å². The predicted molar refractivity (Wildman–Crippen MR) is 322 cm³/mol. The largest absolute Gasteiger partial charge is 0.543 e. The third kappa shape index (κ3) is 11.9. The molecule has 0 aliphatic heterocycles. The average molecular weight is 1010 g/mol. The summed E-state index contributed by atoms with van der Waals surface area (Å²) in [6.07, 6.45) is 39.4. The molecule has 8 rings (SSSR count). The van der Waals surface area contributed by atoms with Crippen molar-refractivity contribution in [2.45, 2.75) is 198 Å². The lowest BCUT2D eigenvalue weighted by Crippen LogP contribution is -2.41. The maximum Gasteiger partial charge on any atom is 0.251 e. The quantitative estimate of drug-likeness (QED) is 0.0584. The molecule has 4 aliphatic rings. The van der Waals surface area contributed by atoms with Crippen LogP contribution in [0.25, 0.3) is 21.5 Å².